The van der Waals surface area contributed by atoms with Crippen LogP contribution in [0.5, 0.6) is 0 Å². The summed E-state index contributed by atoms with van der Waals surface area (Å²) >= 11 is 0. The third kappa shape index (κ3) is 4.77. The Balaban J connectivity index is 2.26. The first-order chi connectivity index (χ1) is 7.74. The topological polar surface area (TPSA) is 29.5 Å². The quantitative estimate of drug-likeness (QED) is 0.768. The maximum absolute atomic E-state index is 9.80. The monoisotopic (exact) mass is 222 g/mol. The molecule has 0 saturated carbocycles. The van der Waals surface area contributed by atoms with E-state index in [-0.39, 0.29) is 12.2 Å². The molecule has 0 aliphatic carbocycles. The van der Waals surface area contributed by atoms with E-state index in [0.717, 1.165) is 24.8 Å². The fourth-order valence-corrected chi connectivity index (χ4v) is 1.56. The van der Waals surface area contributed by atoms with Gasteiger partial charge in [0.05, 0.1) is 18.8 Å². The Morgan fingerprint density at radius 2 is 1.94 bits per heavy atom. The maximum atomic E-state index is 9.80. The number of ether oxygens (including phenoxy) is 1. The Bertz CT molecular complexity index is 271. The van der Waals surface area contributed by atoms with E-state index < -0.39 is 0 Å². The van der Waals surface area contributed by atoms with E-state index >= 15 is 0 Å². The van der Waals surface area contributed by atoms with Crippen molar-refractivity contribution in [1.82, 2.24) is 0 Å². The molecule has 2 heteroatoms. The van der Waals surface area contributed by atoms with Crippen molar-refractivity contribution in [2.75, 3.05) is 0 Å². The first kappa shape index (κ1) is 13.2. The van der Waals surface area contributed by atoms with Gasteiger partial charge >= 0.3 is 0 Å². The Kier molecular flexibility index (Phi) is 6.12. The van der Waals surface area contributed by atoms with Crippen LogP contribution in [-0.2, 0) is 11.3 Å². The van der Waals surface area contributed by atoms with E-state index in [9.17, 15) is 5.11 Å². The molecule has 0 radical (unpaired) electrons. The normalized spacial score (nSPS) is 14.7. The van der Waals surface area contributed by atoms with Crippen molar-refractivity contribution >= 4 is 0 Å². The van der Waals surface area contributed by atoms with Gasteiger partial charge in [0.15, 0.2) is 0 Å². The third-order valence-electron chi connectivity index (χ3n) is 2.75. The van der Waals surface area contributed by atoms with Crippen LogP contribution in [0.25, 0.3) is 0 Å². The van der Waals surface area contributed by atoms with Gasteiger partial charge in [-0.1, -0.05) is 50.1 Å². The smallest absolute Gasteiger partial charge is 0.0810 e. The van der Waals surface area contributed by atoms with E-state index in [1.54, 1.807) is 0 Å². The summed E-state index contributed by atoms with van der Waals surface area (Å²) in [5.41, 5.74) is 1.15. The van der Waals surface area contributed by atoms with Gasteiger partial charge in [-0.05, 0) is 18.9 Å². The van der Waals surface area contributed by atoms with Gasteiger partial charge in [0.2, 0.25) is 0 Å². The summed E-state index contributed by atoms with van der Waals surface area (Å²) in [6.07, 6.45) is 2.56. The number of hydrogen-bond donors (Lipinski definition) is 1. The minimum atomic E-state index is -0.344. The van der Waals surface area contributed by atoms with Gasteiger partial charge in [-0.25, -0.2) is 0 Å². The van der Waals surface area contributed by atoms with Gasteiger partial charge in [0, 0.05) is 0 Å². The molecule has 16 heavy (non-hydrogen) atoms. The zero-order valence-electron chi connectivity index (χ0n) is 10.2. The first-order valence-corrected chi connectivity index (χ1v) is 6.07. The van der Waals surface area contributed by atoms with E-state index in [1.807, 2.05) is 37.3 Å². The molecule has 1 aromatic carbocycles. The lowest BCUT2D eigenvalue weighted by Crippen LogP contribution is -2.25. The van der Waals surface area contributed by atoms with Gasteiger partial charge in [-0.3, -0.25) is 0 Å². The minimum absolute atomic E-state index is 0.0910. The van der Waals surface area contributed by atoms with Gasteiger partial charge in [0.25, 0.3) is 0 Å². The molecule has 90 valence electrons. The molecule has 0 spiro atoms. The largest absolute Gasteiger partial charge is 0.390 e. The van der Waals surface area contributed by atoms with Gasteiger partial charge < -0.3 is 9.84 Å². The van der Waals surface area contributed by atoms with E-state index in [4.69, 9.17) is 4.74 Å². The Morgan fingerprint density at radius 1 is 1.25 bits per heavy atom. The lowest BCUT2D eigenvalue weighted by Gasteiger charge is -2.19. The number of aliphatic hydroxyl groups excluding tert-OH is 1. The van der Waals surface area contributed by atoms with Crippen LogP contribution in [0.3, 0.4) is 0 Å². The highest BCUT2D eigenvalue weighted by Crippen LogP contribution is 2.10. The summed E-state index contributed by atoms with van der Waals surface area (Å²) in [6, 6.07) is 10.0. The van der Waals surface area contributed by atoms with Crippen molar-refractivity contribution in [2.45, 2.75) is 51.9 Å². The molecule has 2 unspecified atom stereocenters. The second-order valence-electron chi connectivity index (χ2n) is 4.21. The standard InChI is InChI=1S/C14H22O2/c1-3-4-10-14(15)12(2)16-11-13-8-6-5-7-9-13/h5-9,12,14-15H,3-4,10-11H2,1-2H3. The molecule has 0 fully saturated rings. The average Bonchev–Trinajstić information content (AvgIpc) is 2.34. The highest BCUT2D eigenvalue weighted by molar-refractivity contribution is 5.13. The summed E-state index contributed by atoms with van der Waals surface area (Å²) in [5, 5.41) is 9.80. The first-order valence-electron chi connectivity index (χ1n) is 6.07. The second-order valence-corrected chi connectivity index (χ2v) is 4.21. The minimum Gasteiger partial charge on any atom is -0.390 e. The predicted molar refractivity (Wildman–Crippen MR) is 66.2 cm³/mol. The molecule has 1 N–H and O–H groups in total. The number of hydrogen-bond acceptors (Lipinski definition) is 2. The molecule has 0 amide bonds. The molecule has 0 bridgehead atoms. The number of aliphatic hydroxyl groups is 1. The van der Waals surface area contributed by atoms with Crippen molar-refractivity contribution < 1.29 is 9.84 Å². The van der Waals surface area contributed by atoms with E-state index in [0.29, 0.717) is 6.61 Å². The maximum Gasteiger partial charge on any atom is 0.0810 e. The predicted octanol–water partition coefficient (Wildman–Crippen LogP) is 3.14. The van der Waals surface area contributed by atoms with Crippen LogP contribution in [0, 0.1) is 0 Å². The van der Waals surface area contributed by atoms with Crippen LogP contribution in [0.2, 0.25) is 0 Å². The van der Waals surface area contributed by atoms with Crippen molar-refractivity contribution in [2.24, 2.45) is 0 Å². The summed E-state index contributed by atoms with van der Waals surface area (Å²) in [7, 11) is 0. The van der Waals surface area contributed by atoms with Crippen molar-refractivity contribution in [1.29, 1.82) is 0 Å². The average molecular weight is 222 g/mol. The molecule has 0 aromatic heterocycles. The Labute approximate surface area is 98.3 Å². The van der Waals surface area contributed by atoms with Gasteiger partial charge in [-0.2, -0.15) is 0 Å². The number of rotatable bonds is 7. The van der Waals surface area contributed by atoms with Crippen molar-refractivity contribution in [3.63, 3.8) is 0 Å². The molecule has 0 aliphatic heterocycles. The molecule has 2 nitrogen and oxygen atoms in total. The molecule has 0 heterocycles. The van der Waals surface area contributed by atoms with Crippen molar-refractivity contribution in [3.05, 3.63) is 35.9 Å². The SMILES string of the molecule is CCCCC(O)C(C)OCc1ccccc1. The van der Waals surface area contributed by atoms with Crippen LogP contribution < -0.4 is 0 Å². The van der Waals surface area contributed by atoms with Crippen LogP contribution in [-0.4, -0.2) is 17.3 Å². The molecule has 0 saturated heterocycles. The van der Waals surface area contributed by atoms with Crippen LogP contribution in [0.4, 0.5) is 0 Å². The molecule has 1 aromatic rings. The van der Waals surface area contributed by atoms with E-state index in [2.05, 4.69) is 6.92 Å². The Morgan fingerprint density at radius 3 is 2.56 bits per heavy atom. The Hall–Kier alpha value is -0.860. The summed E-state index contributed by atoms with van der Waals surface area (Å²) in [6.45, 7) is 4.64. The van der Waals surface area contributed by atoms with Gasteiger partial charge in [0.1, 0.15) is 0 Å². The molecular weight excluding hydrogens is 200 g/mol. The summed E-state index contributed by atoms with van der Waals surface area (Å²) in [5.74, 6) is 0. The van der Waals surface area contributed by atoms with Crippen LogP contribution >= 0.6 is 0 Å². The fraction of sp³-hybridized carbons (Fsp3) is 0.571. The number of unbranched alkanes of at least 4 members (excludes halogenated alkanes) is 1. The molecule has 1 rings (SSSR count). The lowest BCUT2D eigenvalue weighted by molar-refractivity contribution is -0.0386. The number of benzene rings is 1. The van der Waals surface area contributed by atoms with Crippen LogP contribution in [0.1, 0.15) is 38.7 Å². The van der Waals surface area contributed by atoms with Crippen LogP contribution in [0.15, 0.2) is 30.3 Å². The highest BCUT2D eigenvalue weighted by atomic mass is 16.5. The van der Waals surface area contributed by atoms with E-state index in [1.165, 1.54) is 0 Å². The van der Waals surface area contributed by atoms with Crippen molar-refractivity contribution in [3.8, 4) is 0 Å². The summed E-state index contributed by atoms with van der Waals surface area (Å²) < 4.78 is 5.64. The molecule has 2 atom stereocenters. The molecule has 0 aliphatic rings. The third-order valence-corrected chi connectivity index (χ3v) is 2.75. The highest BCUT2D eigenvalue weighted by Gasteiger charge is 2.13. The lowest BCUT2D eigenvalue weighted by atomic mass is 10.1. The van der Waals surface area contributed by atoms with Gasteiger partial charge in [-0.15, -0.1) is 0 Å². The zero-order chi connectivity index (χ0) is 11.8. The zero-order valence-corrected chi connectivity index (χ0v) is 10.2. The summed E-state index contributed by atoms with van der Waals surface area (Å²) in [4.78, 5) is 0. The second kappa shape index (κ2) is 7.42. The molecular formula is C14H22O2. The fourth-order valence-electron chi connectivity index (χ4n) is 1.56.